The summed E-state index contributed by atoms with van der Waals surface area (Å²) in [5.74, 6) is -0.432. The molecule has 0 heterocycles. The lowest BCUT2D eigenvalue weighted by Crippen LogP contribution is -2.13. The number of hydrogen-bond donors (Lipinski definition) is 2. The lowest BCUT2D eigenvalue weighted by atomic mass is 10.1. The van der Waals surface area contributed by atoms with Crippen LogP contribution in [0.4, 0.5) is 5.69 Å². The van der Waals surface area contributed by atoms with Crippen LogP contribution in [0.5, 0.6) is 5.75 Å². The van der Waals surface area contributed by atoms with Crippen LogP contribution in [0.25, 0.3) is 6.08 Å². The van der Waals surface area contributed by atoms with Crippen LogP contribution in [0.3, 0.4) is 0 Å². The molecule has 0 saturated heterocycles. The Morgan fingerprint density at radius 2 is 1.77 bits per heavy atom. The molecule has 0 radical (unpaired) electrons. The first-order valence-corrected chi connectivity index (χ1v) is 7.76. The standard InChI is InChI=1S/C16H10Br2N2O2/c17-13-7-10(8-14(18)15(13)21)6-11(9-19)16(22)20-12-4-2-1-3-5-12/h1-8,21H,(H,20,22)/b11-6+. The van der Waals surface area contributed by atoms with Gasteiger partial charge in [-0.3, -0.25) is 4.79 Å². The maximum atomic E-state index is 12.1. The van der Waals surface area contributed by atoms with Crippen LogP contribution in [0.1, 0.15) is 5.56 Å². The maximum absolute atomic E-state index is 12.1. The second-order valence-electron chi connectivity index (χ2n) is 4.32. The molecule has 0 fully saturated rings. The number of nitriles is 1. The zero-order valence-corrected chi connectivity index (χ0v) is 14.3. The van der Waals surface area contributed by atoms with E-state index in [2.05, 4.69) is 37.2 Å². The first-order chi connectivity index (χ1) is 10.5. The summed E-state index contributed by atoms with van der Waals surface area (Å²) >= 11 is 6.41. The minimum atomic E-state index is -0.492. The summed E-state index contributed by atoms with van der Waals surface area (Å²) in [5, 5.41) is 21.5. The van der Waals surface area contributed by atoms with Gasteiger partial charge in [0.2, 0.25) is 0 Å². The fraction of sp³-hybridized carbons (Fsp3) is 0. The van der Waals surface area contributed by atoms with Crippen LogP contribution in [-0.2, 0) is 4.79 Å². The highest BCUT2D eigenvalue weighted by Gasteiger charge is 2.11. The highest BCUT2D eigenvalue weighted by Crippen LogP contribution is 2.34. The SMILES string of the molecule is N#C/C(=C\c1cc(Br)c(O)c(Br)c1)C(=O)Nc1ccccc1. The minimum absolute atomic E-state index is 0.0339. The van der Waals surface area contributed by atoms with Crippen LogP contribution < -0.4 is 5.32 Å². The van der Waals surface area contributed by atoms with Gasteiger partial charge < -0.3 is 10.4 Å². The number of nitrogens with zero attached hydrogens (tertiary/aromatic N) is 1. The van der Waals surface area contributed by atoms with Crippen molar-refractivity contribution < 1.29 is 9.90 Å². The number of carbonyl (C=O) groups excluding carboxylic acids is 1. The van der Waals surface area contributed by atoms with Crippen molar-refractivity contribution in [2.24, 2.45) is 0 Å². The van der Waals surface area contributed by atoms with Gasteiger partial charge in [-0.15, -0.1) is 0 Å². The number of rotatable bonds is 3. The predicted molar refractivity (Wildman–Crippen MR) is 92.2 cm³/mol. The average molecular weight is 422 g/mol. The normalized spacial score (nSPS) is 10.9. The van der Waals surface area contributed by atoms with Gasteiger partial charge in [-0.1, -0.05) is 18.2 Å². The van der Waals surface area contributed by atoms with Gasteiger partial charge in [-0.25, -0.2) is 0 Å². The van der Waals surface area contributed by atoms with E-state index in [9.17, 15) is 15.2 Å². The van der Waals surface area contributed by atoms with Crippen LogP contribution in [0, 0.1) is 11.3 Å². The summed E-state index contributed by atoms with van der Waals surface area (Å²) in [4.78, 5) is 12.1. The van der Waals surface area contributed by atoms with Crippen LogP contribution in [-0.4, -0.2) is 11.0 Å². The first-order valence-electron chi connectivity index (χ1n) is 6.17. The Kier molecular flexibility index (Phi) is 5.36. The number of benzene rings is 2. The molecule has 0 aliphatic rings. The molecular weight excluding hydrogens is 412 g/mol. The van der Waals surface area contributed by atoms with E-state index in [1.54, 1.807) is 36.4 Å². The molecule has 110 valence electrons. The molecule has 0 spiro atoms. The Balaban J connectivity index is 2.28. The third-order valence-electron chi connectivity index (χ3n) is 2.75. The monoisotopic (exact) mass is 420 g/mol. The molecule has 0 unspecified atom stereocenters. The topological polar surface area (TPSA) is 73.1 Å². The number of hydrogen-bond acceptors (Lipinski definition) is 3. The highest BCUT2D eigenvalue weighted by molar-refractivity contribution is 9.11. The van der Waals surface area contributed by atoms with E-state index in [1.165, 1.54) is 6.08 Å². The molecule has 0 aromatic heterocycles. The lowest BCUT2D eigenvalue weighted by molar-refractivity contribution is -0.112. The smallest absolute Gasteiger partial charge is 0.266 e. The number of anilines is 1. The quantitative estimate of drug-likeness (QED) is 0.567. The second kappa shape index (κ2) is 7.25. The molecule has 22 heavy (non-hydrogen) atoms. The fourth-order valence-corrected chi connectivity index (χ4v) is 2.93. The summed E-state index contributed by atoms with van der Waals surface area (Å²) in [7, 11) is 0. The summed E-state index contributed by atoms with van der Waals surface area (Å²) in [5.41, 5.74) is 1.19. The molecule has 0 saturated carbocycles. The third-order valence-corrected chi connectivity index (χ3v) is 3.96. The van der Waals surface area contributed by atoms with Gasteiger partial charge in [0.15, 0.2) is 0 Å². The summed E-state index contributed by atoms with van der Waals surface area (Å²) in [6.45, 7) is 0. The molecule has 2 aromatic rings. The van der Waals surface area contributed by atoms with E-state index in [-0.39, 0.29) is 11.3 Å². The highest BCUT2D eigenvalue weighted by atomic mass is 79.9. The summed E-state index contributed by atoms with van der Waals surface area (Å²) in [6.07, 6.45) is 1.45. The third kappa shape index (κ3) is 3.97. The van der Waals surface area contributed by atoms with Crippen LogP contribution in [0.15, 0.2) is 57.0 Å². The van der Waals surface area contributed by atoms with Gasteiger partial charge in [-0.05, 0) is 67.8 Å². The number of nitrogens with one attached hydrogen (secondary N) is 1. The van der Waals surface area contributed by atoms with E-state index < -0.39 is 5.91 Å². The van der Waals surface area contributed by atoms with Gasteiger partial charge >= 0.3 is 0 Å². The number of aromatic hydroxyl groups is 1. The van der Waals surface area contributed by atoms with Gasteiger partial charge in [-0.2, -0.15) is 5.26 Å². The zero-order chi connectivity index (χ0) is 16.1. The number of carbonyl (C=O) groups is 1. The van der Waals surface area contributed by atoms with Crippen LogP contribution >= 0.6 is 31.9 Å². The molecule has 6 heteroatoms. The molecule has 0 aliphatic carbocycles. The number of phenols is 1. The van der Waals surface area contributed by atoms with Crippen molar-refractivity contribution in [2.45, 2.75) is 0 Å². The number of para-hydroxylation sites is 1. The Morgan fingerprint density at radius 3 is 2.32 bits per heavy atom. The Bertz CT molecular complexity index is 757. The van der Waals surface area contributed by atoms with Crippen molar-refractivity contribution in [3.63, 3.8) is 0 Å². The summed E-state index contributed by atoms with van der Waals surface area (Å²) < 4.78 is 0.933. The lowest BCUT2D eigenvalue weighted by Gasteiger charge is -2.05. The summed E-state index contributed by atoms with van der Waals surface area (Å²) in [6, 6.07) is 14.0. The van der Waals surface area contributed by atoms with Crippen molar-refractivity contribution >= 4 is 49.5 Å². The molecule has 0 aliphatic heterocycles. The largest absolute Gasteiger partial charge is 0.506 e. The average Bonchev–Trinajstić information content (AvgIpc) is 2.51. The maximum Gasteiger partial charge on any atom is 0.266 e. The van der Waals surface area contributed by atoms with Crippen LogP contribution in [0.2, 0.25) is 0 Å². The number of amides is 1. The molecule has 1 amide bonds. The molecule has 0 atom stereocenters. The molecule has 2 rings (SSSR count). The Morgan fingerprint density at radius 1 is 1.18 bits per heavy atom. The Hall–Kier alpha value is -2.10. The predicted octanol–water partition coefficient (Wildman–Crippen LogP) is 4.46. The second-order valence-corrected chi connectivity index (χ2v) is 6.03. The number of phenolic OH excluding ortho intramolecular Hbond substituents is 1. The molecule has 4 nitrogen and oxygen atoms in total. The first kappa shape index (κ1) is 16.3. The van der Waals surface area contributed by atoms with Gasteiger partial charge in [0.25, 0.3) is 5.91 Å². The van der Waals surface area contributed by atoms with Gasteiger partial charge in [0, 0.05) is 5.69 Å². The van der Waals surface area contributed by atoms with Crippen molar-refractivity contribution in [1.29, 1.82) is 5.26 Å². The van der Waals surface area contributed by atoms with Gasteiger partial charge in [0.1, 0.15) is 17.4 Å². The van der Waals surface area contributed by atoms with E-state index in [1.807, 2.05) is 12.1 Å². The Labute approximate surface area is 144 Å². The van der Waals surface area contributed by atoms with Crippen molar-refractivity contribution in [1.82, 2.24) is 0 Å². The van der Waals surface area contributed by atoms with E-state index in [0.29, 0.717) is 20.2 Å². The van der Waals surface area contributed by atoms with Crippen molar-refractivity contribution in [3.8, 4) is 11.8 Å². The van der Waals surface area contributed by atoms with Crippen molar-refractivity contribution in [2.75, 3.05) is 5.32 Å². The van der Waals surface area contributed by atoms with E-state index >= 15 is 0 Å². The fourth-order valence-electron chi connectivity index (χ4n) is 1.70. The zero-order valence-electron chi connectivity index (χ0n) is 11.2. The number of halogens is 2. The van der Waals surface area contributed by atoms with Crippen molar-refractivity contribution in [3.05, 3.63) is 62.5 Å². The van der Waals surface area contributed by atoms with E-state index in [0.717, 1.165) is 0 Å². The molecule has 2 aromatic carbocycles. The van der Waals surface area contributed by atoms with E-state index in [4.69, 9.17) is 0 Å². The van der Waals surface area contributed by atoms with Gasteiger partial charge in [0.05, 0.1) is 8.95 Å². The molecular formula is C16H10Br2N2O2. The minimum Gasteiger partial charge on any atom is -0.506 e. The molecule has 2 N–H and O–H groups in total. The molecule has 0 bridgehead atoms.